The molecule has 1 nitrogen and oxygen atoms in total. The molecule has 106 valence electrons. The standard InChI is InChI=1S/C16H23BrClN/c1-2-7-19-16(8-12-5-3-4-6-12)13-9-14(17)11-15(18)10-13/h9-12,16,19H,2-8H2,1H3. The first kappa shape index (κ1) is 15.3. The summed E-state index contributed by atoms with van der Waals surface area (Å²) in [6.45, 7) is 3.29. The first-order valence-electron chi connectivity index (χ1n) is 7.38. The predicted octanol–water partition coefficient (Wildman–Crippen LogP) is 5.72. The van der Waals surface area contributed by atoms with Crippen LogP contribution in [0, 0.1) is 5.92 Å². The molecule has 1 saturated carbocycles. The minimum absolute atomic E-state index is 0.443. The van der Waals surface area contributed by atoms with Crippen LogP contribution in [-0.4, -0.2) is 6.54 Å². The van der Waals surface area contributed by atoms with Crippen molar-refractivity contribution in [3.63, 3.8) is 0 Å². The third-order valence-corrected chi connectivity index (χ3v) is 4.65. The Morgan fingerprint density at radius 3 is 2.68 bits per heavy atom. The highest BCUT2D eigenvalue weighted by atomic mass is 79.9. The summed E-state index contributed by atoms with van der Waals surface area (Å²) in [4.78, 5) is 0. The van der Waals surface area contributed by atoms with E-state index in [4.69, 9.17) is 11.6 Å². The van der Waals surface area contributed by atoms with Gasteiger partial charge in [0.15, 0.2) is 0 Å². The summed E-state index contributed by atoms with van der Waals surface area (Å²) in [7, 11) is 0. The van der Waals surface area contributed by atoms with Crippen LogP contribution in [0.15, 0.2) is 22.7 Å². The van der Waals surface area contributed by atoms with E-state index in [2.05, 4.69) is 40.3 Å². The van der Waals surface area contributed by atoms with Gasteiger partial charge in [0, 0.05) is 15.5 Å². The van der Waals surface area contributed by atoms with Crippen molar-refractivity contribution < 1.29 is 0 Å². The van der Waals surface area contributed by atoms with Crippen LogP contribution in [-0.2, 0) is 0 Å². The zero-order valence-electron chi connectivity index (χ0n) is 11.6. The largest absolute Gasteiger partial charge is 0.310 e. The van der Waals surface area contributed by atoms with Crippen molar-refractivity contribution in [2.24, 2.45) is 5.92 Å². The van der Waals surface area contributed by atoms with Crippen LogP contribution < -0.4 is 5.32 Å². The van der Waals surface area contributed by atoms with Gasteiger partial charge < -0.3 is 5.32 Å². The number of rotatable bonds is 6. The van der Waals surface area contributed by atoms with Crippen molar-refractivity contribution in [3.8, 4) is 0 Å². The van der Waals surface area contributed by atoms with Gasteiger partial charge in [-0.05, 0) is 49.1 Å². The Labute approximate surface area is 130 Å². The molecule has 1 aliphatic carbocycles. The van der Waals surface area contributed by atoms with Crippen LogP contribution >= 0.6 is 27.5 Å². The molecule has 0 aliphatic heterocycles. The predicted molar refractivity (Wildman–Crippen MR) is 86.8 cm³/mol. The zero-order chi connectivity index (χ0) is 13.7. The number of nitrogens with one attached hydrogen (secondary N) is 1. The second kappa shape index (κ2) is 7.66. The van der Waals surface area contributed by atoms with E-state index >= 15 is 0 Å². The average Bonchev–Trinajstić information content (AvgIpc) is 2.86. The highest BCUT2D eigenvalue weighted by Gasteiger charge is 2.21. The molecule has 0 bridgehead atoms. The monoisotopic (exact) mass is 343 g/mol. The van der Waals surface area contributed by atoms with E-state index < -0.39 is 0 Å². The van der Waals surface area contributed by atoms with Gasteiger partial charge in [-0.25, -0.2) is 0 Å². The Kier molecular flexibility index (Phi) is 6.18. The lowest BCUT2D eigenvalue weighted by atomic mass is 9.93. The molecule has 0 heterocycles. The summed E-state index contributed by atoms with van der Waals surface area (Å²) < 4.78 is 1.07. The fourth-order valence-electron chi connectivity index (χ4n) is 3.01. The van der Waals surface area contributed by atoms with Gasteiger partial charge >= 0.3 is 0 Å². The summed E-state index contributed by atoms with van der Waals surface area (Å²) >= 11 is 9.74. The van der Waals surface area contributed by atoms with E-state index in [0.29, 0.717) is 6.04 Å². The lowest BCUT2D eigenvalue weighted by Crippen LogP contribution is -2.24. The normalized spacial score (nSPS) is 17.8. The van der Waals surface area contributed by atoms with Crippen LogP contribution in [0.25, 0.3) is 0 Å². The Morgan fingerprint density at radius 1 is 1.32 bits per heavy atom. The minimum Gasteiger partial charge on any atom is -0.310 e. The summed E-state index contributed by atoms with van der Waals surface area (Å²) in [5, 5.41) is 4.51. The Hall–Kier alpha value is -0.0500. The maximum absolute atomic E-state index is 6.19. The van der Waals surface area contributed by atoms with Crippen LogP contribution in [0.1, 0.15) is 57.1 Å². The summed E-state index contributed by atoms with van der Waals surface area (Å²) in [5.41, 5.74) is 1.32. The summed E-state index contributed by atoms with van der Waals surface area (Å²) in [5.74, 6) is 0.882. The molecule has 1 aliphatic rings. The maximum atomic E-state index is 6.19. The topological polar surface area (TPSA) is 12.0 Å². The van der Waals surface area contributed by atoms with Gasteiger partial charge in [-0.2, -0.15) is 0 Å². The van der Waals surface area contributed by atoms with E-state index in [9.17, 15) is 0 Å². The molecule has 0 aromatic heterocycles. The Morgan fingerprint density at radius 2 is 2.05 bits per heavy atom. The van der Waals surface area contributed by atoms with E-state index in [0.717, 1.165) is 22.0 Å². The van der Waals surface area contributed by atoms with Crippen molar-refractivity contribution in [2.75, 3.05) is 6.54 Å². The smallest absolute Gasteiger partial charge is 0.0420 e. The van der Waals surface area contributed by atoms with Gasteiger partial charge in [0.25, 0.3) is 0 Å². The van der Waals surface area contributed by atoms with Crippen molar-refractivity contribution in [1.82, 2.24) is 5.32 Å². The molecule has 0 spiro atoms. The lowest BCUT2D eigenvalue weighted by molar-refractivity contribution is 0.395. The summed E-state index contributed by atoms with van der Waals surface area (Å²) in [6, 6.07) is 6.71. The summed E-state index contributed by atoms with van der Waals surface area (Å²) in [6.07, 6.45) is 8.02. The van der Waals surface area contributed by atoms with Gasteiger partial charge in [0.2, 0.25) is 0 Å². The number of halogens is 2. The molecule has 1 N–H and O–H groups in total. The molecule has 0 saturated heterocycles. The molecule has 0 radical (unpaired) electrons. The molecule has 1 aromatic rings. The molecular formula is C16H23BrClN. The van der Waals surface area contributed by atoms with E-state index in [1.165, 1.54) is 44.1 Å². The quantitative estimate of drug-likeness (QED) is 0.695. The molecule has 1 unspecified atom stereocenters. The van der Waals surface area contributed by atoms with Crippen LogP contribution in [0.5, 0.6) is 0 Å². The third kappa shape index (κ3) is 4.77. The molecule has 19 heavy (non-hydrogen) atoms. The van der Waals surface area contributed by atoms with Gasteiger partial charge in [-0.1, -0.05) is 60.1 Å². The highest BCUT2D eigenvalue weighted by Crippen LogP contribution is 2.34. The number of hydrogen-bond acceptors (Lipinski definition) is 1. The minimum atomic E-state index is 0.443. The zero-order valence-corrected chi connectivity index (χ0v) is 13.9. The van der Waals surface area contributed by atoms with Crippen LogP contribution in [0.2, 0.25) is 5.02 Å². The van der Waals surface area contributed by atoms with Crippen molar-refractivity contribution in [1.29, 1.82) is 0 Å². The SMILES string of the molecule is CCCNC(CC1CCCC1)c1cc(Cl)cc(Br)c1. The first-order chi connectivity index (χ1) is 9.19. The van der Waals surface area contributed by atoms with Gasteiger partial charge in [-0.15, -0.1) is 0 Å². The van der Waals surface area contributed by atoms with Crippen molar-refractivity contribution >= 4 is 27.5 Å². The van der Waals surface area contributed by atoms with Crippen molar-refractivity contribution in [3.05, 3.63) is 33.3 Å². The van der Waals surface area contributed by atoms with Crippen LogP contribution in [0.4, 0.5) is 0 Å². The highest BCUT2D eigenvalue weighted by molar-refractivity contribution is 9.10. The fourth-order valence-corrected chi connectivity index (χ4v) is 3.90. The second-order valence-electron chi connectivity index (χ2n) is 5.60. The molecule has 1 atom stereocenters. The molecular weight excluding hydrogens is 322 g/mol. The maximum Gasteiger partial charge on any atom is 0.0420 e. The lowest BCUT2D eigenvalue weighted by Gasteiger charge is -2.23. The van der Waals surface area contributed by atoms with Crippen molar-refractivity contribution in [2.45, 2.75) is 51.5 Å². The number of hydrogen-bond donors (Lipinski definition) is 1. The van der Waals surface area contributed by atoms with Gasteiger partial charge in [0.05, 0.1) is 0 Å². The number of benzene rings is 1. The second-order valence-corrected chi connectivity index (χ2v) is 6.95. The van der Waals surface area contributed by atoms with Gasteiger partial charge in [-0.3, -0.25) is 0 Å². The molecule has 0 amide bonds. The molecule has 3 heteroatoms. The Bertz CT molecular complexity index is 381. The fraction of sp³-hybridized carbons (Fsp3) is 0.625. The Balaban J connectivity index is 2.10. The van der Waals surface area contributed by atoms with Gasteiger partial charge in [0.1, 0.15) is 0 Å². The van der Waals surface area contributed by atoms with E-state index in [1.807, 2.05) is 6.07 Å². The van der Waals surface area contributed by atoms with E-state index in [1.54, 1.807) is 0 Å². The molecule has 1 fully saturated rings. The average molecular weight is 345 g/mol. The van der Waals surface area contributed by atoms with Crippen LogP contribution in [0.3, 0.4) is 0 Å². The molecule has 1 aromatic carbocycles. The molecule has 2 rings (SSSR count). The van der Waals surface area contributed by atoms with E-state index in [-0.39, 0.29) is 0 Å². The third-order valence-electron chi connectivity index (χ3n) is 3.97. The first-order valence-corrected chi connectivity index (χ1v) is 8.55.